The Morgan fingerprint density at radius 1 is 1.03 bits per heavy atom. The average Bonchev–Trinajstić information content (AvgIpc) is 2.85. The van der Waals surface area contributed by atoms with Crippen molar-refractivity contribution >= 4 is 23.3 Å². The van der Waals surface area contributed by atoms with E-state index in [2.05, 4.69) is 6.07 Å². The minimum Gasteiger partial charge on any atom is -0.495 e. The first-order chi connectivity index (χ1) is 17.6. The van der Waals surface area contributed by atoms with Gasteiger partial charge in [0.05, 0.1) is 32.6 Å². The highest BCUT2D eigenvalue weighted by Gasteiger charge is 2.31. The Morgan fingerprint density at radius 3 is 2.19 bits per heavy atom. The van der Waals surface area contributed by atoms with Crippen molar-refractivity contribution in [3.05, 3.63) is 53.6 Å². The van der Waals surface area contributed by atoms with Crippen molar-refractivity contribution in [2.75, 3.05) is 32.3 Å². The van der Waals surface area contributed by atoms with Gasteiger partial charge in [-0.25, -0.2) is 9.69 Å². The Morgan fingerprint density at radius 2 is 1.65 bits per heavy atom. The highest BCUT2D eigenvalue weighted by molar-refractivity contribution is 6.13. The van der Waals surface area contributed by atoms with E-state index in [1.54, 1.807) is 64.3 Å². The van der Waals surface area contributed by atoms with Gasteiger partial charge >= 0.3 is 6.09 Å². The summed E-state index contributed by atoms with van der Waals surface area (Å²) in [6, 6.07) is 12.4. The number of amides is 2. The molecule has 0 saturated carbocycles. The number of allylic oxidation sites excluding steroid dienone is 1. The summed E-state index contributed by atoms with van der Waals surface area (Å²) in [4.78, 5) is 27.3. The SMILES string of the molecule is CCOc1cc(C(=CC#N)c2ccc(OC)c(N(C(=O)CCCN)C(=O)OC(C)(C)C)c2)ccc1OC. The summed E-state index contributed by atoms with van der Waals surface area (Å²) in [5.41, 5.74) is 6.76. The number of imide groups is 1. The van der Waals surface area contributed by atoms with Crippen molar-refractivity contribution in [2.24, 2.45) is 5.73 Å². The van der Waals surface area contributed by atoms with Gasteiger partial charge in [0.1, 0.15) is 11.4 Å². The fourth-order valence-corrected chi connectivity index (χ4v) is 3.55. The maximum Gasteiger partial charge on any atom is 0.421 e. The molecule has 0 aromatic heterocycles. The molecule has 2 N–H and O–H groups in total. The van der Waals surface area contributed by atoms with E-state index in [-0.39, 0.29) is 17.9 Å². The molecule has 198 valence electrons. The Labute approximate surface area is 218 Å². The zero-order valence-corrected chi connectivity index (χ0v) is 22.3. The third-order valence-electron chi connectivity index (χ3n) is 5.13. The van der Waals surface area contributed by atoms with Crippen LogP contribution in [0.1, 0.15) is 51.7 Å². The lowest BCUT2D eigenvalue weighted by Gasteiger charge is -2.27. The number of hydrogen-bond donors (Lipinski definition) is 1. The van der Waals surface area contributed by atoms with Gasteiger partial charge in [0.2, 0.25) is 5.91 Å². The van der Waals surface area contributed by atoms with Crippen molar-refractivity contribution < 1.29 is 28.5 Å². The van der Waals surface area contributed by atoms with E-state index in [0.29, 0.717) is 47.8 Å². The highest BCUT2D eigenvalue weighted by Crippen LogP contribution is 2.37. The quantitative estimate of drug-likeness (QED) is 0.441. The number of nitriles is 1. The highest BCUT2D eigenvalue weighted by atomic mass is 16.6. The van der Waals surface area contributed by atoms with E-state index in [1.807, 2.05) is 6.92 Å². The van der Waals surface area contributed by atoms with E-state index < -0.39 is 17.6 Å². The van der Waals surface area contributed by atoms with Crippen LogP contribution < -0.4 is 24.8 Å². The number of nitrogens with zero attached hydrogens (tertiary/aromatic N) is 2. The zero-order chi connectivity index (χ0) is 27.6. The van der Waals surface area contributed by atoms with Crippen LogP contribution in [0.3, 0.4) is 0 Å². The summed E-state index contributed by atoms with van der Waals surface area (Å²) in [5.74, 6) is 0.882. The Balaban J connectivity index is 2.69. The van der Waals surface area contributed by atoms with E-state index in [0.717, 1.165) is 4.90 Å². The summed E-state index contributed by atoms with van der Waals surface area (Å²) in [6.07, 6.45) is 0.988. The molecular formula is C28H35N3O6. The molecule has 0 radical (unpaired) electrons. The van der Waals surface area contributed by atoms with Crippen LogP contribution in [0.25, 0.3) is 5.57 Å². The van der Waals surface area contributed by atoms with Crippen molar-refractivity contribution in [3.63, 3.8) is 0 Å². The van der Waals surface area contributed by atoms with Crippen LogP contribution in [0.4, 0.5) is 10.5 Å². The zero-order valence-electron chi connectivity index (χ0n) is 22.3. The number of methoxy groups -OCH3 is 2. The molecular weight excluding hydrogens is 474 g/mol. The molecule has 2 rings (SSSR count). The molecule has 9 nitrogen and oxygen atoms in total. The molecule has 0 aliphatic heterocycles. The second-order valence-electron chi connectivity index (χ2n) is 8.97. The monoisotopic (exact) mass is 509 g/mol. The molecule has 0 fully saturated rings. The second kappa shape index (κ2) is 13.3. The first-order valence-corrected chi connectivity index (χ1v) is 12.0. The molecule has 0 unspecified atom stereocenters. The lowest BCUT2D eigenvalue weighted by Crippen LogP contribution is -2.41. The topological polar surface area (TPSA) is 124 Å². The first kappa shape index (κ1) is 29.2. The standard InChI is InChI=1S/C28H35N3O6/c1-7-36-25-18-20(11-13-24(25)35-6)21(14-16-30)19-10-12-23(34-5)22(17-19)31(26(32)9-8-15-29)27(33)37-28(2,3)4/h10-14,17-18H,7-9,15,29H2,1-6H3. The lowest BCUT2D eigenvalue weighted by atomic mass is 9.96. The number of carbonyl (C=O) groups is 2. The van der Waals surface area contributed by atoms with Gasteiger partial charge in [-0.3, -0.25) is 4.79 Å². The van der Waals surface area contributed by atoms with E-state index >= 15 is 0 Å². The van der Waals surface area contributed by atoms with Crippen molar-refractivity contribution in [2.45, 2.75) is 46.1 Å². The van der Waals surface area contributed by atoms with Gasteiger partial charge in [0.25, 0.3) is 0 Å². The minimum atomic E-state index is -0.834. The van der Waals surface area contributed by atoms with Crippen LogP contribution in [0, 0.1) is 11.3 Å². The van der Waals surface area contributed by atoms with Gasteiger partial charge in [-0.1, -0.05) is 12.1 Å². The van der Waals surface area contributed by atoms with Crippen LogP contribution >= 0.6 is 0 Å². The smallest absolute Gasteiger partial charge is 0.421 e. The van der Waals surface area contributed by atoms with Gasteiger partial charge in [0, 0.05) is 12.5 Å². The third-order valence-corrected chi connectivity index (χ3v) is 5.13. The van der Waals surface area contributed by atoms with E-state index in [1.165, 1.54) is 13.2 Å². The molecule has 0 spiro atoms. The fourth-order valence-electron chi connectivity index (χ4n) is 3.55. The summed E-state index contributed by atoms with van der Waals surface area (Å²) < 4.78 is 22.1. The van der Waals surface area contributed by atoms with Crippen LogP contribution in [0.5, 0.6) is 17.2 Å². The summed E-state index contributed by atoms with van der Waals surface area (Å²) in [5, 5.41) is 9.56. The van der Waals surface area contributed by atoms with Gasteiger partial charge in [-0.15, -0.1) is 0 Å². The number of nitrogens with two attached hydrogens (primary N) is 1. The number of carbonyl (C=O) groups excluding carboxylic acids is 2. The van der Waals surface area contributed by atoms with Crippen LogP contribution in [0.2, 0.25) is 0 Å². The maximum absolute atomic E-state index is 13.2. The summed E-state index contributed by atoms with van der Waals surface area (Å²) in [6.45, 7) is 7.73. The molecule has 2 amide bonds. The molecule has 2 aromatic rings. The van der Waals surface area contributed by atoms with Crippen molar-refractivity contribution in [1.82, 2.24) is 0 Å². The molecule has 0 saturated heterocycles. The van der Waals surface area contributed by atoms with Crippen LogP contribution in [-0.2, 0) is 9.53 Å². The van der Waals surface area contributed by atoms with Gasteiger partial charge in [0.15, 0.2) is 11.5 Å². The minimum absolute atomic E-state index is 0.0419. The van der Waals surface area contributed by atoms with Crippen molar-refractivity contribution in [3.8, 4) is 23.3 Å². The lowest BCUT2D eigenvalue weighted by molar-refractivity contribution is -0.118. The number of hydrogen-bond acceptors (Lipinski definition) is 8. The first-order valence-electron chi connectivity index (χ1n) is 12.0. The molecule has 0 aliphatic rings. The number of rotatable bonds is 10. The Bertz CT molecular complexity index is 1180. The molecule has 0 bridgehead atoms. The molecule has 0 aliphatic carbocycles. The predicted molar refractivity (Wildman–Crippen MR) is 142 cm³/mol. The molecule has 0 atom stereocenters. The molecule has 2 aromatic carbocycles. The summed E-state index contributed by atoms with van der Waals surface area (Å²) in [7, 11) is 2.99. The number of anilines is 1. The largest absolute Gasteiger partial charge is 0.495 e. The fraction of sp³-hybridized carbons (Fsp3) is 0.393. The Kier molecular flexibility index (Phi) is 10.5. The Hall–Kier alpha value is -4.03. The maximum atomic E-state index is 13.2. The van der Waals surface area contributed by atoms with Gasteiger partial charge in [-0.2, -0.15) is 5.26 Å². The number of ether oxygens (including phenoxy) is 4. The number of benzene rings is 2. The normalized spacial score (nSPS) is 11.4. The van der Waals surface area contributed by atoms with Crippen LogP contribution in [-0.4, -0.2) is 45.0 Å². The van der Waals surface area contributed by atoms with E-state index in [9.17, 15) is 14.9 Å². The van der Waals surface area contributed by atoms with Gasteiger partial charge < -0.3 is 24.7 Å². The van der Waals surface area contributed by atoms with E-state index in [4.69, 9.17) is 24.7 Å². The van der Waals surface area contributed by atoms with Crippen molar-refractivity contribution in [1.29, 1.82) is 5.26 Å². The average molecular weight is 510 g/mol. The van der Waals surface area contributed by atoms with Crippen LogP contribution in [0.15, 0.2) is 42.5 Å². The molecule has 9 heteroatoms. The predicted octanol–water partition coefficient (Wildman–Crippen LogP) is 5.06. The van der Waals surface area contributed by atoms with Gasteiger partial charge in [-0.05, 0) is 81.6 Å². The molecule has 37 heavy (non-hydrogen) atoms. The third kappa shape index (κ3) is 7.72. The molecule has 0 heterocycles. The summed E-state index contributed by atoms with van der Waals surface area (Å²) >= 11 is 0. The second-order valence-corrected chi connectivity index (χ2v) is 8.97.